The number of carbonyl (C=O) groups excluding carboxylic acids is 1. The second-order valence-corrected chi connectivity index (χ2v) is 3.47. The highest BCUT2D eigenvalue weighted by Crippen LogP contribution is 2.18. The summed E-state index contributed by atoms with van der Waals surface area (Å²) in [5.41, 5.74) is -0.542. The molecule has 0 bridgehead atoms. The summed E-state index contributed by atoms with van der Waals surface area (Å²) in [5, 5.41) is 8.44. The lowest BCUT2D eigenvalue weighted by Crippen LogP contribution is -2.21. The molecule has 0 aromatic rings. The Bertz CT molecular complexity index is 185. The van der Waals surface area contributed by atoms with Gasteiger partial charge in [-0.15, -0.1) is 0 Å². The number of hydrogen-bond donors (Lipinski definition) is 1. The first-order chi connectivity index (χ1) is 6.27. The van der Waals surface area contributed by atoms with Crippen LogP contribution in [0.3, 0.4) is 0 Å². The number of carbonyl (C=O) groups is 2. The maximum Gasteiger partial charge on any atom is 0.309 e. The molecule has 0 aromatic carbocycles. The van der Waals surface area contributed by atoms with Gasteiger partial charge in [0.1, 0.15) is 0 Å². The Morgan fingerprint density at radius 1 is 1.29 bits per heavy atom. The molecule has 0 radical (unpaired) electrons. The highest BCUT2D eigenvalue weighted by atomic mass is 16.5. The number of esters is 1. The minimum absolute atomic E-state index is 0.211. The minimum atomic E-state index is -0.722. The second kappa shape index (κ2) is 7.35. The highest BCUT2D eigenvalue weighted by molar-refractivity contribution is 5.73. The molecule has 0 amide bonds. The SMILES string of the molecule is CCC(C)(C)C(=O)O.CCOC(C)=O. The van der Waals surface area contributed by atoms with Gasteiger partial charge in [-0.3, -0.25) is 9.59 Å². The Hall–Kier alpha value is -1.06. The first-order valence-corrected chi connectivity index (χ1v) is 4.64. The number of ether oxygens (including phenoxy) is 1. The molecule has 0 aliphatic carbocycles. The molecule has 0 aliphatic heterocycles. The highest BCUT2D eigenvalue weighted by Gasteiger charge is 2.23. The summed E-state index contributed by atoms with van der Waals surface area (Å²) < 4.78 is 4.40. The summed E-state index contributed by atoms with van der Waals surface area (Å²) in [5.74, 6) is -0.933. The van der Waals surface area contributed by atoms with Crippen LogP contribution in [-0.2, 0) is 14.3 Å². The molecule has 4 nitrogen and oxygen atoms in total. The molecule has 0 saturated heterocycles. The lowest BCUT2D eigenvalue weighted by Gasteiger charge is -2.14. The van der Waals surface area contributed by atoms with E-state index in [1.54, 1.807) is 20.8 Å². The molecule has 14 heavy (non-hydrogen) atoms. The molecule has 0 rings (SSSR count). The number of carboxylic acids is 1. The van der Waals surface area contributed by atoms with Crippen LogP contribution in [0.25, 0.3) is 0 Å². The zero-order chi connectivity index (χ0) is 11.8. The van der Waals surface area contributed by atoms with E-state index in [0.29, 0.717) is 13.0 Å². The molecule has 0 aliphatic rings. The topological polar surface area (TPSA) is 63.6 Å². The van der Waals surface area contributed by atoms with Crippen molar-refractivity contribution in [1.29, 1.82) is 0 Å². The van der Waals surface area contributed by atoms with Crippen molar-refractivity contribution < 1.29 is 19.4 Å². The van der Waals surface area contributed by atoms with E-state index in [2.05, 4.69) is 4.74 Å². The smallest absolute Gasteiger partial charge is 0.309 e. The van der Waals surface area contributed by atoms with Crippen LogP contribution in [0.2, 0.25) is 0 Å². The predicted molar refractivity (Wildman–Crippen MR) is 54.0 cm³/mol. The van der Waals surface area contributed by atoms with Crippen molar-refractivity contribution in [3.63, 3.8) is 0 Å². The molecule has 0 heterocycles. The van der Waals surface area contributed by atoms with Crippen LogP contribution in [0, 0.1) is 5.41 Å². The van der Waals surface area contributed by atoms with Crippen LogP contribution in [0.5, 0.6) is 0 Å². The fourth-order valence-corrected chi connectivity index (χ4v) is 0.354. The van der Waals surface area contributed by atoms with Crippen molar-refractivity contribution in [2.75, 3.05) is 6.61 Å². The average Bonchev–Trinajstić information content (AvgIpc) is 2.05. The van der Waals surface area contributed by atoms with Gasteiger partial charge in [0.25, 0.3) is 0 Å². The molecule has 0 saturated carbocycles. The minimum Gasteiger partial charge on any atom is -0.481 e. The Balaban J connectivity index is 0. The van der Waals surface area contributed by atoms with Gasteiger partial charge >= 0.3 is 11.9 Å². The van der Waals surface area contributed by atoms with Crippen molar-refractivity contribution in [1.82, 2.24) is 0 Å². The number of hydrogen-bond acceptors (Lipinski definition) is 3. The normalized spacial score (nSPS) is 9.79. The van der Waals surface area contributed by atoms with Crippen LogP contribution in [0.4, 0.5) is 0 Å². The number of aliphatic carboxylic acids is 1. The molecular weight excluding hydrogens is 184 g/mol. The van der Waals surface area contributed by atoms with E-state index in [1.165, 1.54) is 6.92 Å². The largest absolute Gasteiger partial charge is 0.481 e. The van der Waals surface area contributed by atoms with Gasteiger partial charge in [0, 0.05) is 6.92 Å². The molecule has 0 atom stereocenters. The Labute approximate surface area is 85.3 Å². The Morgan fingerprint density at radius 3 is 1.71 bits per heavy atom. The van der Waals surface area contributed by atoms with E-state index in [4.69, 9.17) is 5.11 Å². The summed E-state index contributed by atoms with van der Waals surface area (Å²) in [4.78, 5) is 20.1. The average molecular weight is 204 g/mol. The fraction of sp³-hybridized carbons (Fsp3) is 0.800. The first-order valence-electron chi connectivity index (χ1n) is 4.64. The molecule has 0 spiro atoms. The summed E-state index contributed by atoms with van der Waals surface area (Å²) in [6.07, 6.45) is 0.683. The maximum atomic E-state index is 10.3. The molecule has 0 fully saturated rings. The lowest BCUT2D eigenvalue weighted by atomic mass is 9.91. The van der Waals surface area contributed by atoms with Gasteiger partial charge in [0.15, 0.2) is 0 Å². The molecule has 4 heteroatoms. The van der Waals surface area contributed by atoms with Gasteiger partial charge in [0.05, 0.1) is 12.0 Å². The van der Waals surface area contributed by atoms with Gasteiger partial charge in [-0.25, -0.2) is 0 Å². The third kappa shape index (κ3) is 9.03. The van der Waals surface area contributed by atoms with Crippen LogP contribution in [0.1, 0.15) is 41.0 Å². The number of carboxylic acid groups (broad SMARTS) is 1. The van der Waals surface area contributed by atoms with Crippen molar-refractivity contribution >= 4 is 11.9 Å². The van der Waals surface area contributed by atoms with Crippen LogP contribution in [-0.4, -0.2) is 23.7 Å². The maximum absolute atomic E-state index is 10.3. The quantitative estimate of drug-likeness (QED) is 0.715. The fourth-order valence-electron chi connectivity index (χ4n) is 0.354. The van der Waals surface area contributed by atoms with E-state index < -0.39 is 11.4 Å². The third-order valence-electron chi connectivity index (χ3n) is 1.81. The van der Waals surface area contributed by atoms with Gasteiger partial charge in [-0.1, -0.05) is 6.92 Å². The Kier molecular flexibility index (Phi) is 8.10. The van der Waals surface area contributed by atoms with E-state index in [-0.39, 0.29) is 5.97 Å². The van der Waals surface area contributed by atoms with E-state index in [9.17, 15) is 9.59 Å². The van der Waals surface area contributed by atoms with E-state index in [1.807, 2.05) is 6.92 Å². The van der Waals surface area contributed by atoms with E-state index >= 15 is 0 Å². The molecule has 84 valence electrons. The van der Waals surface area contributed by atoms with Crippen LogP contribution >= 0.6 is 0 Å². The van der Waals surface area contributed by atoms with Gasteiger partial charge in [-0.05, 0) is 27.2 Å². The van der Waals surface area contributed by atoms with E-state index in [0.717, 1.165) is 0 Å². The van der Waals surface area contributed by atoms with Gasteiger partial charge in [0.2, 0.25) is 0 Å². The summed E-state index contributed by atoms with van der Waals surface area (Å²) >= 11 is 0. The van der Waals surface area contributed by atoms with Crippen LogP contribution < -0.4 is 0 Å². The van der Waals surface area contributed by atoms with Crippen LogP contribution in [0.15, 0.2) is 0 Å². The van der Waals surface area contributed by atoms with Crippen molar-refractivity contribution in [3.8, 4) is 0 Å². The summed E-state index contributed by atoms with van der Waals surface area (Å²) in [6, 6.07) is 0. The summed E-state index contributed by atoms with van der Waals surface area (Å²) in [6.45, 7) is 8.96. The zero-order valence-electron chi connectivity index (χ0n) is 9.59. The summed E-state index contributed by atoms with van der Waals surface area (Å²) in [7, 11) is 0. The first kappa shape index (κ1) is 15.4. The molecule has 1 N–H and O–H groups in total. The zero-order valence-corrected chi connectivity index (χ0v) is 9.59. The van der Waals surface area contributed by atoms with Crippen molar-refractivity contribution in [3.05, 3.63) is 0 Å². The second-order valence-electron chi connectivity index (χ2n) is 3.47. The monoisotopic (exact) mass is 204 g/mol. The lowest BCUT2D eigenvalue weighted by molar-refractivity contribution is -0.147. The van der Waals surface area contributed by atoms with Gasteiger partial charge in [-0.2, -0.15) is 0 Å². The molecular formula is C10H20O4. The Morgan fingerprint density at radius 2 is 1.71 bits per heavy atom. The molecule has 0 aromatic heterocycles. The van der Waals surface area contributed by atoms with Gasteiger partial charge < -0.3 is 9.84 Å². The van der Waals surface area contributed by atoms with Crippen molar-refractivity contribution in [2.24, 2.45) is 5.41 Å². The number of rotatable bonds is 3. The van der Waals surface area contributed by atoms with Crippen molar-refractivity contribution in [2.45, 2.75) is 41.0 Å². The third-order valence-corrected chi connectivity index (χ3v) is 1.81. The molecule has 0 unspecified atom stereocenters. The predicted octanol–water partition coefficient (Wildman–Crippen LogP) is 2.08. The standard InChI is InChI=1S/C6H12O2.C4H8O2/c1-4-6(2,3)5(7)8;1-3-6-4(2)5/h4H2,1-3H3,(H,7,8);3H2,1-2H3.